The van der Waals surface area contributed by atoms with Gasteiger partial charge in [0, 0.05) is 0 Å². The van der Waals surface area contributed by atoms with Crippen molar-refractivity contribution in [1.29, 1.82) is 0 Å². The van der Waals surface area contributed by atoms with Crippen LogP contribution in [0.25, 0.3) is 0 Å². The maximum Gasteiger partial charge on any atom is 4.00 e. The van der Waals surface area contributed by atoms with Crippen molar-refractivity contribution in [3.05, 3.63) is 0 Å². The van der Waals surface area contributed by atoms with Crippen molar-refractivity contribution < 1.29 is 81.3 Å². The van der Waals surface area contributed by atoms with E-state index in [2.05, 4.69) is 0 Å². The van der Waals surface area contributed by atoms with Crippen molar-refractivity contribution in [2.75, 3.05) is 0 Å². The molecule has 0 heterocycles. The van der Waals surface area contributed by atoms with Gasteiger partial charge in [-0.1, -0.05) is 0 Å². The van der Waals surface area contributed by atoms with Crippen LogP contribution in [0.15, 0.2) is 0 Å². The molecule has 6 heavy (non-hydrogen) atoms. The molecular weight excluding hydrogens is 249 g/mol. The quantitative estimate of drug-likeness (QED) is 0.420. The van der Waals surface area contributed by atoms with E-state index in [1.54, 1.807) is 0 Å². The van der Waals surface area contributed by atoms with Gasteiger partial charge in [-0.15, -0.1) is 0 Å². The number of rotatable bonds is 0. The van der Waals surface area contributed by atoms with E-state index in [1.165, 1.54) is 0 Å². The first-order chi connectivity index (χ1) is 0. The molecule has 0 aliphatic rings. The third kappa shape index (κ3) is 37.4. The van der Waals surface area contributed by atoms with Gasteiger partial charge >= 0.3 is 26.2 Å². The zero-order chi connectivity index (χ0) is 0. The average molecular weight is 250 g/mol. The van der Waals surface area contributed by atoms with Crippen LogP contribution >= 0.6 is 0 Å². The Balaban J connectivity index is 0. The van der Waals surface area contributed by atoms with Gasteiger partial charge in [-0.05, 0) is 0 Å². The molecule has 0 unspecified atom stereocenters. The molecule has 1 N–H and O–H groups in total. The molecule has 0 aromatic heterocycles. The predicted molar refractivity (Wildman–Crippen MR) is 1.94 cm³/mol. The summed E-state index contributed by atoms with van der Waals surface area (Å²) < 4.78 is 0. The maximum atomic E-state index is 0. The molecule has 6 heteroatoms. The molecule has 40 valence electrons. The Morgan fingerprint density at radius 1 is 0.500 bits per heavy atom. The molecular formula is HCl4OZr-. The zero-order valence-electron chi connectivity index (χ0n) is 2.46. The normalized spacial score (nSPS) is 0. The van der Waals surface area contributed by atoms with E-state index in [1.807, 2.05) is 0 Å². The van der Waals surface area contributed by atoms with Crippen LogP contribution < -0.4 is 49.6 Å². The Bertz CT molecular complexity index is 7.51. The molecule has 0 aromatic carbocycles. The zero-order valence-corrected chi connectivity index (χ0v) is 7.94. The van der Waals surface area contributed by atoms with Crippen LogP contribution in [0.2, 0.25) is 0 Å². The largest absolute Gasteiger partial charge is 4.00 e. The monoisotopic (exact) mass is 247 g/mol. The summed E-state index contributed by atoms with van der Waals surface area (Å²) in [5, 5.41) is 0. The average Bonchev–Trinajstić information content (AvgIpc) is 0. The summed E-state index contributed by atoms with van der Waals surface area (Å²) in [5.41, 5.74) is 0. The standard InChI is InChI=1S/4ClH.H2O.Zr/h4*1H;1H2;/q;;;;;+4/p-5. The first kappa shape index (κ1) is 97.8. The van der Waals surface area contributed by atoms with Gasteiger partial charge in [-0.25, -0.2) is 0 Å². The predicted octanol–water partition coefficient (Wildman–Crippen LogP) is -12.2. The van der Waals surface area contributed by atoms with Crippen molar-refractivity contribution >= 4 is 0 Å². The van der Waals surface area contributed by atoms with Crippen molar-refractivity contribution in [2.24, 2.45) is 0 Å². The van der Waals surface area contributed by atoms with E-state index < -0.39 is 0 Å². The molecule has 0 atom stereocenters. The second-order valence-electron chi connectivity index (χ2n) is 0. The smallest absolute Gasteiger partial charge is 1.00 e. The molecule has 0 spiro atoms. The number of hydrogen-bond acceptors (Lipinski definition) is 1. The molecule has 0 rings (SSSR count). The molecule has 0 saturated carbocycles. The summed E-state index contributed by atoms with van der Waals surface area (Å²) in [7, 11) is 0. The molecule has 0 aliphatic carbocycles. The molecule has 0 fully saturated rings. The van der Waals surface area contributed by atoms with E-state index in [0.29, 0.717) is 0 Å². The topological polar surface area (TPSA) is 30.0 Å². The van der Waals surface area contributed by atoms with Crippen LogP contribution in [-0.2, 0) is 26.2 Å². The van der Waals surface area contributed by atoms with E-state index in [0.717, 1.165) is 0 Å². The van der Waals surface area contributed by atoms with Crippen LogP contribution in [0.1, 0.15) is 0 Å². The molecule has 0 amide bonds. The Kier molecular flexibility index (Phi) is 1030. The molecule has 0 aromatic rings. The first-order valence-corrected chi connectivity index (χ1v) is 0. The molecule has 0 radical (unpaired) electrons. The van der Waals surface area contributed by atoms with Gasteiger partial charge in [0.05, 0.1) is 0 Å². The minimum atomic E-state index is 0. The Morgan fingerprint density at radius 3 is 0.500 bits per heavy atom. The fourth-order valence-corrected chi connectivity index (χ4v) is 0. The van der Waals surface area contributed by atoms with E-state index >= 15 is 0 Å². The summed E-state index contributed by atoms with van der Waals surface area (Å²) in [4.78, 5) is 0. The van der Waals surface area contributed by atoms with Gasteiger partial charge in [0.25, 0.3) is 0 Å². The molecule has 0 bridgehead atoms. The second-order valence-corrected chi connectivity index (χ2v) is 0. The first-order valence-electron chi connectivity index (χ1n) is 0. The molecule has 1 nitrogen and oxygen atoms in total. The van der Waals surface area contributed by atoms with Gasteiger partial charge in [-0.2, -0.15) is 0 Å². The minimum Gasteiger partial charge on any atom is -1.00 e. The number of halogens is 4. The van der Waals surface area contributed by atoms with Crippen molar-refractivity contribution in [3.8, 4) is 0 Å². The van der Waals surface area contributed by atoms with Gasteiger partial charge < -0.3 is 55.1 Å². The van der Waals surface area contributed by atoms with Gasteiger partial charge in [0.2, 0.25) is 0 Å². The minimum absolute atomic E-state index is 0. The molecule has 0 saturated heterocycles. The van der Waals surface area contributed by atoms with Crippen LogP contribution in [0, 0.1) is 0 Å². The summed E-state index contributed by atoms with van der Waals surface area (Å²) >= 11 is 0. The van der Waals surface area contributed by atoms with Crippen LogP contribution in [0.3, 0.4) is 0 Å². The van der Waals surface area contributed by atoms with Gasteiger partial charge in [0.15, 0.2) is 0 Å². The van der Waals surface area contributed by atoms with Gasteiger partial charge in [0.1, 0.15) is 0 Å². The third-order valence-electron chi connectivity index (χ3n) is 0. The SMILES string of the molecule is [Cl-].[Cl-].[Cl-].[Cl-].[OH-].[Zr+4]. The van der Waals surface area contributed by atoms with Gasteiger partial charge in [-0.3, -0.25) is 0 Å². The fraction of sp³-hybridized carbons (Fsp3) is 0. The van der Waals surface area contributed by atoms with Crippen molar-refractivity contribution in [2.45, 2.75) is 0 Å². The second kappa shape index (κ2) is 62.9. The third-order valence-corrected chi connectivity index (χ3v) is 0. The van der Waals surface area contributed by atoms with Crippen LogP contribution in [0.4, 0.5) is 0 Å². The van der Waals surface area contributed by atoms with Crippen LogP contribution in [-0.4, -0.2) is 5.48 Å². The fourth-order valence-electron chi connectivity index (χ4n) is 0. The Hall–Kier alpha value is 2.00. The summed E-state index contributed by atoms with van der Waals surface area (Å²) in [6.07, 6.45) is 0. The summed E-state index contributed by atoms with van der Waals surface area (Å²) in [6, 6.07) is 0. The van der Waals surface area contributed by atoms with E-state index in [-0.39, 0.29) is 81.3 Å². The van der Waals surface area contributed by atoms with Crippen LogP contribution in [0.5, 0.6) is 0 Å². The Labute approximate surface area is 80.7 Å². The van der Waals surface area contributed by atoms with E-state index in [9.17, 15) is 0 Å². The maximum absolute atomic E-state index is 0. The molecule has 0 aliphatic heterocycles. The van der Waals surface area contributed by atoms with E-state index in [4.69, 9.17) is 0 Å². The summed E-state index contributed by atoms with van der Waals surface area (Å²) in [5.74, 6) is 0. The van der Waals surface area contributed by atoms with Crippen molar-refractivity contribution in [3.63, 3.8) is 0 Å². The van der Waals surface area contributed by atoms with Crippen molar-refractivity contribution in [1.82, 2.24) is 0 Å². The Morgan fingerprint density at radius 2 is 0.500 bits per heavy atom. The summed E-state index contributed by atoms with van der Waals surface area (Å²) in [6.45, 7) is 0. The number of hydrogen-bond donors (Lipinski definition) is 0.